The van der Waals surface area contributed by atoms with Gasteiger partial charge >= 0.3 is 5.69 Å². The summed E-state index contributed by atoms with van der Waals surface area (Å²) >= 11 is 0. The summed E-state index contributed by atoms with van der Waals surface area (Å²) in [6.07, 6.45) is 6.13. The Morgan fingerprint density at radius 2 is 2.24 bits per heavy atom. The summed E-state index contributed by atoms with van der Waals surface area (Å²) in [6, 6.07) is 3.83. The number of aromatic nitrogens is 3. The summed E-state index contributed by atoms with van der Waals surface area (Å²) in [4.78, 5) is 16.2. The molecule has 0 aliphatic carbocycles. The minimum Gasteiger partial charge on any atom is -0.395 e. The van der Waals surface area contributed by atoms with Crippen molar-refractivity contribution < 1.29 is 10.0 Å². The molecule has 0 aliphatic rings. The molecule has 0 amide bonds. The molecule has 2 rings (SSSR count). The molecule has 0 saturated heterocycles. The zero-order valence-electron chi connectivity index (χ0n) is 11.5. The number of rotatable bonds is 8. The summed E-state index contributed by atoms with van der Waals surface area (Å²) in [5.74, 6) is 0. The van der Waals surface area contributed by atoms with E-state index in [4.69, 9.17) is 5.11 Å². The molecule has 0 atom stereocenters. The Morgan fingerprint density at radius 1 is 1.38 bits per heavy atom. The van der Waals surface area contributed by atoms with Crippen molar-refractivity contribution >= 4 is 5.69 Å². The zero-order chi connectivity index (χ0) is 15.1. The van der Waals surface area contributed by atoms with E-state index in [1.807, 2.05) is 17.0 Å². The SMILES string of the molecule is O=[N+]([O-])c1cnn(CCN(CCO)Cc2cccnc2)c1. The highest BCUT2D eigenvalue weighted by Gasteiger charge is 2.10. The Balaban J connectivity index is 1.91. The molecular formula is C13H17N5O3. The van der Waals surface area contributed by atoms with Gasteiger partial charge in [-0.1, -0.05) is 6.07 Å². The fourth-order valence-corrected chi connectivity index (χ4v) is 1.97. The van der Waals surface area contributed by atoms with Crippen LogP contribution in [0.5, 0.6) is 0 Å². The van der Waals surface area contributed by atoms with Crippen molar-refractivity contribution in [3.05, 3.63) is 52.6 Å². The van der Waals surface area contributed by atoms with Gasteiger partial charge in [0.2, 0.25) is 0 Å². The van der Waals surface area contributed by atoms with Gasteiger partial charge in [0.15, 0.2) is 0 Å². The molecule has 2 aromatic rings. The summed E-state index contributed by atoms with van der Waals surface area (Å²) in [5, 5.41) is 23.7. The lowest BCUT2D eigenvalue weighted by Crippen LogP contribution is -2.30. The largest absolute Gasteiger partial charge is 0.395 e. The van der Waals surface area contributed by atoms with E-state index in [1.54, 1.807) is 12.4 Å². The molecule has 21 heavy (non-hydrogen) atoms. The van der Waals surface area contributed by atoms with E-state index in [9.17, 15) is 10.1 Å². The molecule has 0 bridgehead atoms. The maximum atomic E-state index is 10.6. The van der Waals surface area contributed by atoms with Gasteiger partial charge in [-0.2, -0.15) is 5.10 Å². The number of hydrogen-bond donors (Lipinski definition) is 1. The Bertz CT molecular complexity index is 572. The molecule has 0 unspecified atom stereocenters. The minimum atomic E-state index is -0.468. The predicted molar refractivity (Wildman–Crippen MR) is 75.5 cm³/mol. The first kappa shape index (κ1) is 15.1. The molecule has 0 spiro atoms. The number of aliphatic hydroxyl groups excluding tert-OH is 1. The number of aliphatic hydroxyl groups is 1. The maximum Gasteiger partial charge on any atom is 0.306 e. The third-order valence-corrected chi connectivity index (χ3v) is 3.02. The Kier molecular flexibility index (Phi) is 5.35. The smallest absolute Gasteiger partial charge is 0.306 e. The molecule has 8 nitrogen and oxygen atoms in total. The average Bonchev–Trinajstić information content (AvgIpc) is 2.95. The number of hydrogen-bond acceptors (Lipinski definition) is 6. The maximum absolute atomic E-state index is 10.6. The van der Waals surface area contributed by atoms with Gasteiger partial charge in [0.05, 0.1) is 18.1 Å². The minimum absolute atomic E-state index is 0.0176. The van der Waals surface area contributed by atoms with Crippen molar-refractivity contribution in [2.24, 2.45) is 0 Å². The van der Waals surface area contributed by atoms with E-state index in [0.29, 0.717) is 26.2 Å². The fourth-order valence-electron chi connectivity index (χ4n) is 1.97. The molecule has 0 aromatic carbocycles. The fraction of sp³-hybridized carbons (Fsp3) is 0.385. The van der Waals surface area contributed by atoms with Crippen LogP contribution in [-0.4, -0.2) is 49.4 Å². The van der Waals surface area contributed by atoms with Crippen LogP contribution >= 0.6 is 0 Å². The van der Waals surface area contributed by atoms with Crippen molar-refractivity contribution in [1.82, 2.24) is 19.7 Å². The van der Waals surface area contributed by atoms with Crippen LogP contribution in [0.15, 0.2) is 36.9 Å². The number of nitrogens with zero attached hydrogens (tertiary/aromatic N) is 5. The van der Waals surface area contributed by atoms with Crippen LogP contribution in [-0.2, 0) is 13.1 Å². The van der Waals surface area contributed by atoms with Gasteiger partial charge in [0, 0.05) is 32.0 Å². The normalized spacial score (nSPS) is 11.0. The van der Waals surface area contributed by atoms with Crippen LogP contribution < -0.4 is 0 Å². The number of nitro groups is 1. The second-order valence-corrected chi connectivity index (χ2v) is 4.58. The van der Waals surface area contributed by atoms with Crippen LogP contribution in [0.3, 0.4) is 0 Å². The zero-order valence-corrected chi connectivity index (χ0v) is 11.5. The molecule has 2 heterocycles. The quantitative estimate of drug-likeness (QED) is 0.567. The highest BCUT2D eigenvalue weighted by molar-refractivity contribution is 5.20. The monoisotopic (exact) mass is 291 g/mol. The first-order chi connectivity index (χ1) is 10.2. The lowest BCUT2D eigenvalue weighted by Gasteiger charge is -2.21. The van der Waals surface area contributed by atoms with Crippen molar-refractivity contribution in [1.29, 1.82) is 0 Å². The second-order valence-electron chi connectivity index (χ2n) is 4.58. The van der Waals surface area contributed by atoms with Crippen LogP contribution in [0.4, 0.5) is 5.69 Å². The van der Waals surface area contributed by atoms with E-state index in [2.05, 4.69) is 10.1 Å². The Morgan fingerprint density at radius 3 is 2.86 bits per heavy atom. The molecule has 8 heteroatoms. The summed E-state index contributed by atoms with van der Waals surface area (Å²) in [6.45, 7) is 2.40. The highest BCUT2D eigenvalue weighted by Crippen LogP contribution is 2.08. The molecule has 0 radical (unpaired) electrons. The van der Waals surface area contributed by atoms with E-state index < -0.39 is 4.92 Å². The molecule has 0 saturated carbocycles. The third-order valence-electron chi connectivity index (χ3n) is 3.02. The van der Waals surface area contributed by atoms with Crippen molar-refractivity contribution in [2.45, 2.75) is 13.1 Å². The molecule has 2 aromatic heterocycles. The van der Waals surface area contributed by atoms with E-state index in [0.717, 1.165) is 5.56 Å². The van der Waals surface area contributed by atoms with Gasteiger partial charge in [0.25, 0.3) is 0 Å². The van der Waals surface area contributed by atoms with E-state index in [1.165, 1.54) is 17.1 Å². The van der Waals surface area contributed by atoms with Crippen molar-refractivity contribution in [3.63, 3.8) is 0 Å². The highest BCUT2D eigenvalue weighted by atomic mass is 16.6. The summed E-state index contributed by atoms with van der Waals surface area (Å²) < 4.78 is 1.53. The topological polar surface area (TPSA) is 97.3 Å². The lowest BCUT2D eigenvalue weighted by atomic mass is 10.2. The van der Waals surface area contributed by atoms with Gasteiger partial charge < -0.3 is 5.11 Å². The second kappa shape index (κ2) is 7.46. The Hall–Kier alpha value is -2.32. The van der Waals surface area contributed by atoms with Gasteiger partial charge in [-0.3, -0.25) is 24.7 Å². The van der Waals surface area contributed by atoms with Gasteiger partial charge in [-0.05, 0) is 11.6 Å². The van der Waals surface area contributed by atoms with Gasteiger partial charge in [0.1, 0.15) is 12.4 Å². The van der Waals surface area contributed by atoms with Crippen LogP contribution in [0.2, 0.25) is 0 Å². The van der Waals surface area contributed by atoms with Gasteiger partial charge in [-0.25, -0.2) is 0 Å². The number of pyridine rings is 1. The first-order valence-electron chi connectivity index (χ1n) is 6.58. The van der Waals surface area contributed by atoms with Crippen molar-refractivity contribution in [3.8, 4) is 0 Å². The van der Waals surface area contributed by atoms with Crippen molar-refractivity contribution in [2.75, 3.05) is 19.7 Å². The predicted octanol–water partition coefficient (Wildman–Crippen LogP) is 0.681. The van der Waals surface area contributed by atoms with E-state index in [-0.39, 0.29) is 12.3 Å². The Labute approximate surface area is 121 Å². The third kappa shape index (κ3) is 4.62. The standard InChI is InChI=1S/C13H17N5O3/c19-7-6-16(10-12-2-1-3-14-8-12)4-5-17-11-13(9-15-17)18(20)21/h1-3,8-9,11,19H,4-7,10H2. The van der Waals surface area contributed by atoms with Gasteiger partial charge in [-0.15, -0.1) is 0 Å². The molecular weight excluding hydrogens is 274 g/mol. The molecule has 0 fully saturated rings. The molecule has 112 valence electrons. The van der Waals surface area contributed by atoms with E-state index >= 15 is 0 Å². The van der Waals surface area contributed by atoms with Crippen LogP contribution in [0, 0.1) is 10.1 Å². The first-order valence-corrected chi connectivity index (χ1v) is 6.58. The van der Waals surface area contributed by atoms with Crippen LogP contribution in [0.1, 0.15) is 5.56 Å². The summed E-state index contributed by atoms with van der Waals surface area (Å²) in [7, 11) is 0. The summed E-state index contributed by atoms with van der Waals surface area (Å²) in [5.41, 5.74) is 1.04. The molecule has 0 aliphatic heterocycles. The molecule has 1 N–H and O–H groups in total. The average molecular weight is 291 g/mol. The lowest BCUT2D eigenvalue weighted by molar-refractivity contribution is -0.385. The van der Waals surface area contributed by atoms with Crippen LogP contribution in [0.25, 0.3) is 0 Å².